The van der Waals surface area contributed by atoms with Crippen molar-refractivity contribution in [2.75, 3.05) is 13.7 Å². The van der Waals surface area contributed by atoms with Gasteiger partial charge in [-0.25, -0.2) is 0 Å². The Labute approximate surface area is 120 Å². The van der Waals surface area contributed by atoms with Crippen molar-refractivity contribution in [2.24, 2.45) is 10.4 Å². The van der Waals surface area contributed by atoms with Gasteiger partial charge in [0.25, 0.3) is 0 Å². The lowest BCUT2D eigenvalue weighted by Crippen LogP contribution is -2.28. The Hall–Kier alpha value is -1.90. The van der Waals surface area contributed by atoms with Crippen molar-refractivity contribution >= 4 is 17.3 Å². The smallest absolute Gasteiger partial charge is 0.326 e. The molecule has 0 radical (unpaired) electrons. The summed E-state index contributed by atoms with van der Waals surface area (Å²) in [5.74, 6) is -0.242. The van der Waals surface area contributed by atoms with E-state index in [-0.39, 0.29) is 5.97 Å². The molecule has 0 saturated heterocycles. The van der Waals surface area contributed by atoms with E-state index >= 15 is 0 Å². The fraction of sp³-hybridized carbons (Fsp3) is 0.412. The Morgan fingerprint density at radius 2 is 2.00 bits per heavy atom. The van der Waals surface area contributed by atoms with Crippen molar-refractivity contribution in [1.82, 2.24) is 0 Å². The van der Waals surface area contributed by atoms with Gasteiger partial charge < -0.3 is 4.74 Å². The van der Waals surface area contributed by atoms with Gasteiger partial charge in [-0.05, 0) is 24.5 Å². The van der Waals surface area contributed by atoms with Gasteiger partial charge in [0.2, 0.25) is 0 Å². The molecule has 0 aromatic heterocycles. The molecule has 20 heavy (non-hydrogen) atoms. The number of hydrogen-bond donors (Lipinski definition) is 0. The van der Waals surface area contributed by atoms with Crippen LogP contribution in [0.25, 0.3) is 5.57 Å². The Bertz CT molecular complexity index is 545. The lowest BCUT2D eigenvalue weighted by molar-refractivity contribution is -0.143. The average Bonchev–Trinajstić information content (AvgIpc) is 3.24. The second-order valence-electron chi connectivity index (χ2n) is 5.04. The molecular weight excluding hydrogens is 250 g/mol. The van der Waals surface area contributed by atoms with Gasteiger partial charge >= 0.3 is 5.97 Å². The summed E-state index contributed by atoms with van der Waals surface area (Å²) in [6, 6.07) is 9.93. The van der Waals surface area contributed by atoms with E-state index in [2.05, 4.69) is 11.9 Å². The standard InChI is InChI=1S/C17H21NO2/c1-4-5-11-18-13(2)17(16(19)20-3)12-15(17)14-9-7-6-8-10-14/h6-10,12H,4-5,11H2,1-3H3. The first-order chi connectivity index (χ1) is 9.66. The van der Waals surface area contributed by atoms with E-state index in [4.69, 9.17) is 4.74 Å². The van der Waals surface area contributed by atoms with Crippen LogP contribution in [0, 0.1) is 5.41 Å². The zero-order chi connectivity index (χ0) is 14.6. The summed E-state index contributed by atoms with van der Waals surface area (Å²) in [6.07, 6.45) is 4.09. The van der Waals surface area contributed by atoms with Crippen molar-refractivity contribution in [3.05, 3.63) is 42.0 Å². The molecule has 3 heteroatoms. The van der Waals surface area contributed by atoms with Crippen LogP contribution < -0.4 is 0 Å². The summed E-state index contributed by atoms with van der Waals surface area (Å²) in [5.41, 5.74) is 2.16. The van der Waals surface area contributed by atoms with Gasteiger partial charge in [0.15, 0.2) is 0 Å². The zero-order valence-corrected chi connectivity index (χ0v) is 12.3. The zero-order valence-electron chi connectivity index (χ0n) is 12.3. The third kappa shape index (κ3) is 2.53. The van der Waals surface area contributed by atoms with Crippen molar-refractivity contribution < 1.29 is 9.53 Å². The molecule has 0 amide bonds. The van der Waals surface area contributed by atoms with Gasteiger partial charge in [-0.2, -0.15) is 0 Å². The molecule has 1 aliphatic carbocycles. The van der Waals surface area contributed by atoms with Gasteiger partial charge in [0, 0.05) is 12.3 Å². The lowest BCUT2D eigenvalue weighted by atomic mass is 9.91. The predicted octanol–water partition coefficient (Wildman–Crippen LogP) is 3.50. The number of ether oxygens (including phenoxy) is 1. The van der Waals surface area contributed by atoms with E-state index in [1.54, 1.807) is 0 Å². The summed E-state index contributed by atoms with van der Waals surface area (Å²) in [6.45, 7) is 4.81. The van der Waals surface area contributed by atoms with E-state index in [0.717, 1.165) is 36.2 Å². The van der Waals surface area contributed by atoms with Crippen LogP contribution in [0.3, 0.4) is 0 Å². The SMILES string of the molecule is CCCCN=C(C)C1(C(=O)OC)C=C1c1ccccc1. The largest absolute Gasteiger partial charge is 0.468 e. The molecule has 1 aromatic carbocycles. The molecule has 0 spiro atoms. The number of nitrogens with zero attached hydrogens (tertiary/aromatic N) is 1. The number of benzene rings is 1. The molecule has 0 bridgehead atoms. The Balaban J connectivity index is 2.24. The van der Waals surface area contributed by atoms with Gasteiger partial charge in [-0.15, -0.1) is 0 Å². The van der Waals surface area contributed by atoms with Crippen LogP contribution in [-0.2, 0) is 9.53 Å². The Morgan fingerprint density at radius 3 is 2.60 bits per heavy atom. The van der Waals surface area contributed by atoms with Gasteiger partial charge in [0.1, 0.15) is 5.41 Å². The monoisotopic (exact) mass is 271 g/mol. The number of esters is 1. The van der Waals surface area contributed by atoms with Crippen molar-refractivity contribution in [3.8, 4) is 0 Å². The normalized spacial score (nSPS) is 21.4. The highest BCUT2D eigenvalue weighted by atomic mass is 16.5. The molecule has 3 nitrogen and oxygen atoms in total. The topological polar surface area (TPSA) is 38.7 Å². The van der Waals surface area contributed by atoms with Crippen molar-refractivity contribution in [2.45, 2.75) is 26.7 Å². The first-order valence-corrected chi connectivity index (χ1v) is 7.05. The highest BCUT2D eigenvalue weighted by molar-refractivity contribution is 6.25. The average molecular weight is 271 g/mol. The van der Waals surface area contributed by atoms with Crippen LogP contribution >= 0.6 is 0 Å². The number of aliphatic imine (C=N–C) groups is 1. The first kappa shape index (κ1) is 14.5. The number of carbonyl (C=O) groups is 1. The second-order valence-corrected chi connectivity index (χ2v) is 5.04. The fourth-order valence-corrected chi connectivity index (χ4v) is 2.42. The second kappa shape index (κ2) is 6.04. The highest BCUT2D eigenvalue weighted by Gasteiger charge is 2.55. The number of unbranched alkanes of at least 4 members (excludes halogenated alkanes) is 1. The van der Waals surface area contributed by atoms with Crippen LogP contribution in [0.1, 0.15) is 32.3 Å². The molecule has 0 N–H and O–H groups in total. The Morgan fingerprint density at radius 1 is 1.30 bits per heavy atom. The van der Waals surface area contributed by atoms with Crippen molar-refractivity contribution in [1.29, 1.82) is 0 Å². The molecule has 1 atom stereocenters. The molecular formula is C17H21NO2. The van der Waals surface area contributed by atoms with Crippen LogP contribution in [0.15, 0.2) is 41.4 Å². The summed E-state index contributed by atoms with van der Waals surface area (Å²) in [7, 11) is 1.43. The maximum Gasteiger partial charge on any atom is 0.326 e. The third-order valence-corrected chi connectivity index (χ3v) is 3.73. The quantitative estimate of drug-likeness (QED) is 0.451. The number of rotatable bonds is 6. The lowest BCUT2D eigenvalue weighted by Gasteiger charge is -2.16. The maximum absolute atomic E-state index is 12.2. The van der Waals surface area contributed by atoms with Crippen LogP contribution in [0.5, 0.6) is 0 Å². The molecule has 2 rings (SSSR count). The number of carbonyl (C=O) groups excluding carboxylic acids is 1. The van der Waals surface area contributed by atoms with E-state index in [1.165, 1.54) is 7.11 Å². The van der Waals surface area contributed by atoms with E-state index in [1.807, 2.05) is 43.3 Å². The summed E-state index contributed by atoms with van der Waals surface area (Å²) in [5, 5.41) is 0. The van der Waals surface area contributed by atoms with E-state index in [0.29, 0.717) is 0 Å². The minimum absolute atomic E-state index is 0.242. The molecule has 0 saturated carbocycles. The fourth-order valence-electron chi connectivity index (χ4n) is 2.42. The van der Waals surface area contributed by atoms with E-state index in [9.17, 15) is 4.79 Å². The molecule has 106 valence electrons. The number of methoxy groups -OCH3 is 1. The van der Waals surface area contributed by atoms with Crippen LogP contribution in [-0.4, -0.2) is 25.3 Å². The van der Waals surface area contributed by atoms with Crippen LogP contribution in [0.2, 0.25) is 0 Å². The summed E-state index contributed by atoms with van der Waals surface area (Å²) in [4.78, 5) is 16.8. The van der Waals surface area contributed by atoms with Gasteiger partial charge in [0.05, 0.1) is 7.11 Å². The minimum Gasteiger partial charge on any atom is -0.468 e. The van der Waals surface area contributed by atoms with Gasteiger partial charge in [-0.1, -0.05) is 49.8 Å². The third-order valence-electron chi connectivity index (χ3n) is 3.73. The minimum atomic E-state index is -0.732. The molecule has 1 aliphatic rings. The highest BCUT2D eigenvalue weighted by Crippen LogP contribution is 2.52. The number of hydrogen-bond acceptors (Lipinski definition) is 3. The van der Waals surface area contributed by atoms with Gasteiger partial charge in [-0.3, -0.25) is 9.79 Å². The Kier molecular flexibility index (Phi) is 4.38. The molecule has 0 aliphatic heterocycles. The molecule has 1 unspecified atom stereocenters. The predicted molar refractivity (Wildman–Crippen MR) is 81.8 cm³/mol. The molecule has 1 aromatic rings. The molecule has 0 heterocycles. The summed E-state index contributed by atoms with van der Waals surface area (Å²) < 4.78 is 4.98. The van der Waals surface area contributed by atoms with E-state index < -0.39 is 5.41 Å². The first-order valence-electron chi connectivity index (χ1n) is 7.05. The van der Waals surface area contributed by atoms with Crippen molar-refractivity contribution in [3.63, 3.8) is 0 Å². The van der Waals surface area contributed by atoms with Crippen LogP contribution in [0.4, 0.5) is 0 Å². The summed E-state index contributed by atoms with van der Waals surface area (Å²) >= 11 is 0. The maximum atomic E-state index is 12.2. The molecule has 0 fully saturated rings.